The van der Waals surface area contributed by atoms with Crippen molar-refractivity contribution in [3.8, 4) is 11.3 Å². The fourth-order valence-corrected chi connectivity index (χ4v) is 4.54. The highest BCUT2D eigenvalue weighted by Gasteiger charge is 2.16. The zero-order chi connectivity index (χ0) is 21.3. The topological polar surface area (TPSA) is 97.1 Å². The van der Waals surface area contributed by atoms with Crippen LogP contribution >= 0.6 is 23.7 Å². The maximum Gasteiger partial charge on any atom is 0.263 e. The van der Waals surface area contributed by atoms with Crippen LogP contribution in [0.1, 0.15) is 16.9 Å². The molecule has 0 saturated heterocycles. The van der Waals surface area contributed by atoms with E-state index >= 15 is 0 Å². The van der Waals surface area contributed by atoms with Gasteiger partial charge in [-0.2, -0.15) is 0 Å². The highest BCUT2D eigenvalue weighted by Crippen LogP contribution is 2.29. The van der Waals surface area contributed by atoms with Gasteiger partial charge in [0.25, 0.3) is 10.0 Å². The van der Waals surface area contributed by atoms with Crippen molar-refractivity contribution < 1.29 is 12.9 Å². The minimum Gasteiger partial charge on any atom is -0.360 e. The molecule has 2 aromatic heterocycles. The number of hydrogen-bond acceptors (Lipinski definition) is 7. The number of aryl methyl sites for hydroxylation is 3. The lowest BCUT2D eigenvalue weighted by molar-refractivity contribution is 0.400. The molecule has 0 saturated carbocycles. The third-order valence-corrected chi connectivity index (χ3v) is 6.72. The fourth-order valence-electron chi connectivity index (χ4n) is 2.82. The van der Waals surface area contributed by atoms with Gasteiger partial charge < -0.3 is 9.84 Å². The summed E-state index contributed by atoms with van der Waals surface area (Å²) in [5, 5.41) is 9.60. The summed E-state index contributed by atoms with van der Waals surface area (Å²) in [5.41, 5.74) is 5.18. The fraction of sp³-hybridized carbons (Fsp3) is 0.143. The van der Waals surface area contributed by atoms with E-state index in [1.54, 1.807) is 19.1 Å². The monoisotopic (exact) mass is 476 g/mol. The average molecular weight is 477 g/mol. The van der Waals surface area contributed by atoms with E-state index in [9.17, 15) is 8.42 Å². The second-order valence-electron chi connectivity index (χ2n) is 6.91. The third kappa shape index (κ3) is 5.25. The smallest absolute Gasteiger partial charge is 0.263 e. The van der Waals surface area contributed by atoms with Crippen molar-refractivity contribution in [2.24, 2.45) is 0 Å². The summed E-state index contributed by atoms with van der Waals surface area (Å²) in [5.74, 6) is 0.673. The maximum atomic E-state index is 12.5. The Labute approximate surface area is 191 Å². The lowest BCUT2D eigenvalue weighted by Gasteiger charge is -2.07. The van der Waals surface area contributed by atoms with Crippen LogP contribution in [0.4, 0.5) is 16.6 Å². The van der Waals surface area contributed by atoms with Crippen LogP contribution in [0.25, 0.3) is 11.3 Å². The van der Waals surface area contributed by atoms with Crippen molar-refractivity contribution >= 4 is 50.4 Å². The van der Waals surface area contributed by atoms with Crippen LogP contribution in [0.5, 0.6) is 0 Å². The summed E-state index contributed by atoms with van der Waals surface area (Å²) in [4.78, 5) is 4.76. The van der Waals surface area contributed by atoms with Gasteiger partial charge >= 0.3 is 0 Å². The van der Waals surface area contributed by atoms with Gasteiger partial charge in [0.05, 0.1) is 10.6 Å². The minimum atomic E-state index is -3.74. The van der Waals surface area contributed by atoms with Crippen LogP contribution in [0.15, 0.2) is 63.3 Å². The number of nitrogens with zero attached hydrogens (tertiary/aromatic N) is 2. The largest absolute Gasteiger partial charge is 0.360 e. The molecule has 0 atom stereocenters. The molecule has 2 N–H and O–H groups in total. The Balaban J connectivity index is 0.00000272. The van der Waals surface area contributed by atoms with Gasteiger partial charge in [-0.25, -0.2) is 13.4 Å². The predicted octanol–water partition coefficient (Wildman–Crippen LogP) is 5.69. The molecular formula is C21H21ClN4O3S2. The van der Waals surface area contributed by atoms with Gasteiger partial charge in [-0.3, -0.25) is 4.72 Å². The number of thiazole rings is 1. The first-order valence-electron chi connectivity index (χ1n) is 9.16. The minimum absolute atomic E-state index is 0. The average Bonchev–Trinajstić information content (AvgIpc) is 3.33. The molecule has 0 spiro atoms. The van der Waals surface area contributed by atoms with Gasteiger partial charge in [0.1, 0.15) is 5.76 Å². The van der Waals surface area contributed by atoms with Crippen molar-refractivity contribution in [3.63, 3.8) is 0 Å². The van der Waals surface area contributed by atoms with Gasteiger partial charge in [-0.1, -0.05) is 17.3 Å². The van der Waals surface area contributed by atoms with E-state index in [0.29, 0.717) is 5.76 Å². The Morgan fingerprint density at radius 1 is 0.968 bits per heavy atom. The normalized spacial score (nSPS) is 11.1. The second kappa shape index (κ2) is 9.09. The molecule has 2 aromatic carbocycles. The Bertz CT molecular complexity index is 1300. The standard InChI is InChI=1S/C21H20N4O3S2.ClH/c1-13-4-5-16(10-14(13)2)19-12-29-21(23-19)22-17-6-8-18(9-7-17)30(26,27)25-20-11-15(3)28-24-20;/h4-12H,1-3H3,(H,22,23)(H,24,25);1H. The van der Waals surface area contributed by atoms with Crippen molar-refractivity contribution in [2.45, 2.75) is 25.7 Å². The summed E-state index contributed by atoms with van der Waals surface area (Å²) in [6.45, 7) is 5.85. The third-order valence-electron chi connectivity index (χ3n) is 4.59. The van der Waals surface area contributed by atoms with E-state index in [1.165, 1.54) is 40.7 Å². The number of aromatic nitrogens is 2. The maximum absolute atomic E-state index is 12.5. The molecule has 2 heterocycles. The van der Waals surface area contributed by atoms with Gasteiger partial charge in [-0.15, -0.1) is 23.7 Å². The van der Waals surface area contributed by atoms with Crippen LogP contribution in [0, 0.1) is 20.8 Å². The van der Waals surface area contributed by atoms with Crippen molar-refractivity contribution in [1.29, 1.82) is 0 Å². The second-order valence-corrected chi connectivity index (χ2v) is 9.46. The number of benzene rings is 2. The van der Waals surface area contributed by atoms with Crippen molar-refractivity contribution in [2.75, 3.05) is 10.0 Å². The highest BCUT2D eigenvalue weighted by atomic mass is 35.5. The molecule has 7 nitrogen and oxygen atoms in total. The summed E-state index contributed by atoms with van der Waals surface area (Å²) >= 11 is 1.49. The Morgan fingerprint density at radius 2 is 1.71 bits per heavy atom. The lowest BCUT2D eigenvalue weighted by Crippen LogP contribution is -2.13. The van der Waals surface area contributed by atoms with Crippen molar-refractivity contribution in [3.05, 3.63) is 70.8 Å². The quantitative estimate of drug-likeness (QED) is 0.371. The van der Waals surface area contributed by atoms with E-state index < -0.39 is 10.0 Å². The van der Waals surface area contributed by atoms with Gasteiger partial charge in [0.15, 0.2) is 10.9 Å². The number of rotatable bonds is 6. The number of nitrogens with one attached hydrogen (secondary N) is 2. The predicted molar refractivity (Wildman–Crippen MR) is 126 cm³/mol. The Hall–Kier alpha value is -2.88. The van der Waals surface area contributed by atoms with Gasteiger partial charge in [-0.05, 0) is 62.2 Å². The number of hydrogen-bond donors (Lipinski definition) is 2. The van der Waals surface area contributed by atoms with Gasteiger partial charge in [0.2, 0.25) is 0 Å². The molecule has 10 heteroatoms. The molecule has 0 radical (unpaired) electrons. The number of anilines is 3. The molecule has 31 heavy (non-hydrogen) atoms. The van der Waals surface area contributed by atoms with Crippen LogP contribution in [0.2, 0.25) is 0 Å². The summed E-state index contributed by atoms with van der Waals surface area (Å²) in [6, 6.07) is 14.2. The number of halogens is 1. The van der Waals surface area contributed by atoms with Gasteiger partial charge in [0, 0.05) is 22.7 Å². The Kier molecular flexibility index (Phi) is 6.68. The molecule has 4 aromatic rings. The Morgan fingerprint density at radius 3 is 2.35 bits per heavy atom. The number of sulfonamides is 1. The molecule has 0 unspecified atom stereocenters. The van der Waals surface area contributed by atoms with E-state index in [-0.39, 0.29) is 23.1 Å². The zero-order valence-electron chi connectivity index (χ0n) is 17.0. The molecule has 0 bridgehead atoms. The van der Waals surface area contributed by atoms with Crippen LogP contribution in [-0.2, 0) is 10.0 Å². The first kappa shape index (κ1) is 22.8. The molecular weight excluding hydrogens is 456 g/mol. The molecule has 0 aliphatic rings. The lowest BCUT2D eigenvalue weighted by atomic mass is 10.1. The molecule has 0 aliphatic carbocycles. The van der Waals surface area contributed by atoms with Crippen molar-refractivity contribution in [1.82, 2.24) is 10.1 Å². The first-order chi connectivity index (χ1) is 14.3. The van der Waals surface area contributed by atoms with E-state index in [2.05, 4.69) is 52.2 Å². The molecule has 0 fully saturated rings. The van der Waals surface area contributed by atoms with Crippen LogP contribution < -0.4 is 10.0 Å². The summed E-state index contributed by atoms with van der Waals surface area (Å²) in [6.07, 6.45) is 0. The van der Waals surface area contributed by atoms with Crippen LogP contribution in [-0.4, -0.2) is 18.6 Å². The molecule has 0 aliphatic heterocycles. The summed E-state index contributed by atoms with van der Waals surface area (Å²) < 4.78 is 32.2. The SMILES string of the molecule is Cc1cc(NS(=O)(=O)c2ccc(Nc3nc(-c4ccc(C)c(C)c4)cs3)cc2)no1.Cl. The van der Waals surface area contributed by atoms with E-state index in [0.717, 1.165) is 22.1 Å². The van der Waals surface area contributed by atoms with E-state index in [4.69, 9.17) is 4.52 Å². The molecule has 4 rings (SSSR count). The molecule has 0 amide bonds. The summed E-state index contributed by atoms with van der Waals surface area (Å²) in [7, 11) is -3.74. The van der Waals surface area contributed by atoms with Crippen LogP contribution in [0.3, 0.4) is 0 Å². The van der Waals surface area contributed by atoms with E-state index in [1.807, 2.05) is 5.38 Å². The molecule has 162 valence electrons. The zero-order valence-corrected chi connectivity index (χ0v) is 19.5. The first-order valence-corrected chi connectivity index (χ1v) is 11.5. The highest BCUT2D eigenvalue weighted by molar-refractivity contribution is 7.92.